The fourth-order valence-electron chi connectivity index (χ4n) is 1.84. The van der Waals surface area contributed by atoms with Gasteiger partial charge < -0.3 is 15.2 Å². The third-order valence-corrected chi connectivity index (χ3v) is 3.72. The molecule has 92 valence electrons. The Morgan fingerprint density at radius 1 is 1.59 bits per heavy atom. The Kier molecular flexibility index (Phi) is 3.40. The third-order valence-electron chi connectivity index (χ3n) is 2.83. The van der Waals surface area contributed by atoms with Gasteiger partial charge in [-0.3, -0.25) is 4.79 Å². The molecule has 0 amide bonds. The second-order valence-corrected chi connectivity index (χ2v) is 5.22. The van der Waals surface area contributed by atoms with E-state index in [2.05, 4.69) is 21.2 Å². The highest BCUT2D eigenvalue weighted by atomic mass is 79.9. The van der Waals surface area contributed by atoms with E-state index < -0.39 is 11.6 Å². The zero-order chi connectivity index (χ0) is 12.5. The van der Waals surface area contributed by atoms with Crippen molar-refractivity contribution < 1.29 is 14.6 Å². The molecule has 1 aromatic rings. The number of benzene rings is 1. The van der Waals surface area contributed by atoms with Gasteiger partial charge in [-0.2, -0.15) is 0 Å². The molecule has 1 fully saturated rings. The Balaban J connectivity index is 2.13. The molecular weight excluding hydrogens is 286 g/mol. The number of carboxylic acids is 1. The Morgan fingerprint density at radius 2 is 2.29 bits per heavy atom. The van der Waals surface area contributed by atoms with Gasteiger partial charge in [0.05, 0.1) is 6.42 Å². The van der Waals surface area contributed by atoms with E-state index in [1.165, 1.54) is 0 Å². The van der Waals surface area contributed by atoms with Gasteiger partial charge in [0.2, 0.25) is 0 Å². The van der Waals surface area contributed by atoms with Crippen LogP contribution in [0.5, 0.6) is 5.75 Å². The van der Waals surface area contributed by atoms with Gasteiger partial charge in [-0.15, -0.1) is 0 Å². The van der Waals surface area contributed by atoms with E-state index in [9.17, 15) is 4.79 Å². The van der Waals surface area contributed by atoms with Crippen LogP contribution in [0.3, 0.4) is 0 Å². The topological polar surface area (TPSA) is 58.6 Å². The highest BCUT2D eigenvalue weighted by Gasteiger charge is 2.41. The maximum Gasteiger partial charge on any atom is 0.307 e. The van der Waals surface area contributed by atoms with Gasteiger partial charge in [-0.25, -0.2) is 0 Å². The SMILES string of the molecule is Cc1cc(OC2(CC(=O)O)CNC2)ccc1Br. The standard InChI is InChI=1S/C12H14BrNO3/c1-8-4-9(2-3-10(8)13)17-12(5-11(15)16)6-14-7-12/h2-4,14H,5-7H2,1H3,(H,15,16). The van der Waals surface area contributed by atoms with Crippen LogP contribution in [0.25, 0.3) is 0 Å². The molecule has 4 nitrogen and oxygen atoms in total. The molecule has 0 spiro atoms. The summed E-state index contributed by atoms with van der Waals surface area (Å²) in [6, 6.07) is 5.66. The number of carbonyl (C=O) groups is 1. The first-order valence-electron chi connectivity index (χ1n) is 5.38. The summed E-state index contributed by atoms with van der Waals surface area (Å²) < 4.78 is 6.84. The Morgan fingerprint density at radius 3 is 2.76 bits per heavy atom. The zero-order valence-electron chi connectivity index (χ0n) is 9.50. The average Bonchev–Trinajstić information content (AvgIpc) is 2.19. The van der Waals surface area contributed by atoms with Crippen LogP contribution in [0, 0.1) is 6.92 Å². The van der Waals surface area contributed by atoms with Gasteiger partial charge in [0.25, 0.3) is 0 Å². The number of aryl methyl sites for hydroxylation is 1. The summed E-state index contributed by atoms with van der Waals surface area (Å²) in [5.41, 5.74) is 0.479. The van der Waals surface area contributed by atoms with Crippen molar-refractivity contribution in [2.45, 2.75) is 18.9 Å². The number of aliphatic carboxylic acids is 1. The highest BCUT2D eigenvalue weighted by Crippen LogP contribution is 2.28. The van der Waals surface area contributed by atoms with E-state index in [0.29, 0.717) is 18.8 Å². The average molecular weight is 300 g/mol. The fourth-order valence-corrected chi connectivity index (χ4v) is 2.09. The number of hydrogen-bond acceptors (Lipinski definition) is 3. The number of nitrogens with one attached hydrogen (secondary N) is 1. The summed E-state index contributed by atoms with van der Waals surface area (Å²) in [6.07, 6.45) is 0.0229. The molecule has 0 aromatic heterocycles. The van der Waals surface area contributed by atoms with Crippen LogP contribution in [0.4, 0.5) is 0 Å². The van der Waals surface area contributed by atoms with Crippen molar-refractivity contribution in [3.8, 4) is 5.75 Å². The maximum atomic E-state index is 10.8. The van der Waals surface area contributed by atoms with Crippen LogP contribution < -0.4 is 10.1 Å². The summed E-state index contributed by atoms with van der Waals surface area (Å²) in [7, 11) is 0. The molecule has 0 saturated carbocycles. The lowest BCUT2D eigenvalue weighted by Gasteiger charge is -2.41. The minimum absolute atomic E-state index is 0.0229. The molecule has 2 N–H and O–H groups in total. The molecule has 1 aliphatic heterocycles. The largest absolute Gasteiger partial charge is 0.484 e. The smallest absolute Gasteiger partial charge is 0.307 e. The molecule has 5 heteroatoms. The first-order chi connectivity index (χ1) is 8.01. The second kappa shape index (κ2) is 4.66. The summed E-state index contributed by atoms with van der Waals surface area (Å²) in [5, 5.41) is 11.9. The summed E-state index contributed by atoms with van der Waals surface area (Å²) in [6.45, 7) is 3.13. The van der Waals surface area contributed by atoms with Crippen LogP contribution in [-0.2, 0) is 4.79 Å². The molecule has 0 unspecified atom stereocenters. The fraction of sp³-hybridized carbons (Fsp3) is 0.417. The molecule has 0 aliphatic carbocycles. The van der Waals surface area contributed by atoms with Crippen LogP contribution in [-0.4, -0.2) is 29.8 Å². The van der Waals surface area contributed by atoms with E-state index in [-0.39, 0.29) is 6.42 Å². The van der Waals surface area contributed by atoms with Gasteiger partial charge >= 0.3 is 5.97 Å². The summed E-state index contributed by atoms with van der Waals surface area (Å²) in [5.74, 6) is -0.117. The molecule has 2 rings (SSSR count). The lowest BCUT2D eigenvalue weighted by Crippen LogP contribution is -2.64. The molecular formula is C12H14BrNO3. The van der Waals surface area contributed by atoms with Crippen molar-refractivity contribution in [2.24, 2.45) is 0 Å². The van der Waals surface area contributed by atoms with Crippen molar-refractivity contribution in [2.75, 3.05) is 13.1 Å². The van der Waals surface area contributed by atoms with Crippen LogP contribution in [0.1, 0.15) is 12.0 Å². The number of carboxylic acid groups (broad SMARTS) is 1. The van der Waals surface area contributed by atoms with Gasteiger partial charge in [0.1, 0.15) is 11.4 Å². The van der Waals surface area contributed by atoms with Crippen molar-refractivity contribution >= 4 is 21.9 Å². The van der Waals surface area contributed by atoms with Crippen LogP contribution in [0.2, 0.25) is 0 Å². The normalized spacial score (nSPS) is 17.3. The van der Waals surface area contributed by atoms with Crippen molar-refractivity contribution in [3.63, 3.8) is 0 Å². The van der Waals surface area contributed by atoms with Gasteiger partial charge in [-0.1, -0.05) is 15.9 Å². The van der Waals surface area contributed by atoms with Gasteiger partial charge in [0.15, 0.2) is 0 Å². The van der Waals surface area contributed by atoms with E-state index in [4.69, 9.17) is 9.84 Å². The van der Waals surface area contributed by atoms with E-state index >= 15 is 0 Å². The third kappa shape index (κ3) is 2.79. The second-order valence-electron chi connectivity index (χ2n) is 4.37. The van der Waals surface area contributed by atoms with Crippen molar-refractivity contribution in [1.82, 2.24) is 5.32 Å². The minimum atomic E-state index is -0.833. The number of rotatable bonds is 4. The Bertz CT molecular complexity index is 443. The molecule has 1 aromatic carbocycles. The van der Waals surface area contributed by atoms with Crippen LogP contribution >= 0.6 is 15.9 Å². The van der Waals surface area contributed by atoms with Crippen LogP contribution in [0.15, 0.2) is 22.7 Å². The molecule has 0 radical (unpaired) electrons. The summed E-state index contributed by atoms with van der Waals surface area (Å²) in [4.78, 5) is 10.8. The Labute approximate surface area is 108 Å². The predicted octanol–water partition coefficient (Wildman–Crippen LogP) is 1.95. The Hall–Kier alpha value is -1.07. The van der Waals surface area contributed by atoms with E-state index in [0.717, 1.165) is 10.0 Å². The van der Waals surface area contributed by atoms with E-state index in [1.54, 1.807) is 0 Å². The molecule has 1 saturated heterocycles. The lowest BCUT2D eigenvalue weighted by molar-refractivity contribution is -0.143. The van der Waals surface area contributed by atoms with Gasteiger partial charge in [-0.05, 0) is 30.7 Å². The molecule has 0 atom stereocenters. The molecule has 0 bridgehead atoms. The highest BCUT2D eigenvalue weighted by molar-refractivity contribution is 9.10. The number of ether oxygens (including phenoxy) is 1. The molecule has 1 heterocycles. The van der Waals surface area contributed by atoms with Crippen molar-refractivity contribution in [1.29, 1.82) is 0 Å². The zero-order valence-corrected chi connectivity index (χ0v) is 11.1. The van der Waals surface area contributed by atoms with E-state index in [1.807, 2.05) is 25.1 Å². The minimum Gasteiger partial charge on any atom is -0.484 e. The quantitative estimate of drug-likeness (QED) is 0.892. The lowest BCUT2D eigenvalue weighted by atomic mass is 9.92. The maximum absolute atomic E-state index is 10.8. The predicted molar refractivity (Wildman–Crippen MR) is 67.4 cm³/mol. The summed E-state index contributed by atoms with van der Waals surface area (Å²) >= 11 is 3.42. The van der Waals surface area contributed by atoms with Crippen molar-refractivity contribution in [3.05, 3.63) is 28.2 Å². The molecule has 17 heavy (non-hydrogen) atoms. The number of hydrogen-bond donors (Lipinski definition) is 2. The first-order valence-corrected chi connectivity index (χ1v) is 6.18. The monoisotopic (exact) mass is 299 g/mol. The van der Waals surface area contributed by atoms with Gasteiger partial charge in [0, 0.05) is 17.6 Å². The molecule has 1 aliphatic rings. The first kappa shape index (κ1) is 12.4. The number of halogens is 1.